The van der Waals surface area contributed by atoms with Gasteiger partial charge >= 0.3 is 0 Å². The van der Waals surface area contributed by atoms with Crippen LogP contribution in [0.25, 0.3) is 0 Å². The molecule has 0 amide bonds. The van der Waals surface area contributed by atoms with E-state index < -0.39 is 0 Å². The number of hydrogen-bond donors (Lipinski definition) is 2. The predicted molar refractivity (Wildman–Crippen MR) is 96.9 cm³/mol. The Morgan fingerprint density at radius 2 is 2.17 bits per heavy atom. The maximum Gasteiger partial charge on any atom is 0.194 e. The number of aromatic nitrogens is 3. The first-order valence-corrected chi connectivity index (χ1v) is 8.08. The van der Waals surface area contributed by atoms with Crippen LogP contribution in [0.4, 0.5) is 0 Å². The van der Waals surface area contributed by atoms with Crippen LogP contribution in [0.5, 0.6) is 0 Å². The first-order valence-electron chi connectivity index (χ1n) is 7.20. The van der Waals surface area contributed by atoms with Crippen molar-refractivity contribution in [2.75, 3.05) is 0 Å². The lowest BCUT2D eigenvalue weighted by molar-refractivity contribution is 0.0312. The lowest BCUT2D eigenvalue weighted by Crippen LogP contribution is -2.31. The van der Waals surface area contributed by atoms with E-state index in [1.807, 2.05) is 11.4 Å². The third-order valence-electron chi connectivity index (χ3n) is 3.82. The van der Waals surface area contributed by atoms with Gasteiger partial charge in [-0.3, -0.25) is 4.79 Å². The van der Waals surface area contributed by atoms with Crippen molar-refractivity contribution in [3.8, 4) is 0 Å². The van der Waals surface area contributed by atoms with Crippen LogP contribution in [-0.4, -0.2) is 39.0 Å². The molecular formula is C14H21Cl2N5O2S. The maximum atomic E-state index is 12.1. The fraction of sp³-hybridized carbons (Fsp3) is 0.500. The van der Waals surface area contributed by atoms with E-state index in [-0.39, 0.29) is 55.3 Å². The van der Waals surface area contributed by atoms with E-state index in [2.05, 4.69) is 10.3 Å². The number of rotatable bonds is 6. The molecule has 1 aliphatic rings. The van der Waals surface area contributed by atoms with E-state index in [0.717, 1.165) is 18.5 Å². The molecule has 1 fully saturated rings. The normalized spacial score (nSPS) is 22.7. The highest BCUT2D eigenvalue weighted by molar-refractivity contribution is 7.12. The molecule has 0 saturated heterocycles. The summed E-state index contributed by atoms with van der Waals surface area (Å²) >= 11 is 1.42. The lowest BCUT2D eigenvalue weighted by atomic mass is 10.2. The minimum atomic E-state index is -0.0497. The number of ketones is 1. The Morgan fingerprint density at radius 3 is 2.79 bits per heavy atom. The molecule has 1 aliphatic carbocycles. The number of halogens is 2. The number of Topliss-reactive ketones (excluding diaryl/α,β-unsaturated/α-hetero) is 1. The van der Waals surface area contributed by atoms with Gasteiger partial charge in [-0.05, 0) is 24.3 Å². The third kappa shape index (κ3) is 4.98. The fourth-order valence-electron chi connectivity index (χ4n) is 2.63. The topological polar surface area (TPSA) is 109 Å². The Balaban J connectivity index is 0.00000144. The van der Waals surface area contributed by atoms with Crippen LogP contribution in [-0.2, 0) is 17.9 Å². The summed E-state index contributed by atoms with van der Waals surface area (Å²) in [6, 6.07) is 3.73. The van der Waals surface area contributed by atoms with E-state index in [9.17, 15) is 4.79 Å². The fourth-order valence-corrected chi connectivity index (χ4v) is 3.29. The van der Waals surface area contributed by atoms with E-state index in [1.165, 1.54) is 11.3 Å². The summed E-state index contributed by atoms with van der Waals surface area (Å²) in [5.41, 5.74) is 12.6. The summed E-state index contributed by atoms with van der Waals surface area (Å²) in [4.78, 5) is 12.8. The number of hydrogen-bond acceptors (Lipinski definition) is 7. The number of carbonyl (C=O) groups excluding carboxylic acids is 1. The van der Waals surface area contributed by atoms with Gasteiger partial charge in [-0.25, -0.2) is 4.68 Å². The molecule has 0 bridgehead atoms. The van der Waals surface area contributed by atoms with Gasteiger partial charge in [0.1, 0.15) is 6.54 Å². The molecule has 4 N–H and O–H groups in total. The number of nitrogens with zero attached hydrogens (tertiary/aromatic N) is 3. The van der Waals surface area contributed by atoms with E-state index in [1.54, 1.807) is 16.9 Å². The van der Waals surface area contributed by atoms with Crippen molar-refractivity contribution in [3.05, 3.63) is 34.3 Å². The van der Waals surface area contributed by atoms with Gasteiger partial charge in [0.15, 0.2) is 5.78 Å². The number of thiophene rings is 1. The molecule has 2 heterocycles. The summed E-state index contributed by atoms with van der Waals surface area (Å²) in [5.74, 6) is 0.0151. The summed E-state index contributed by atoms with van der Waals surface area (Å²) in [6.07, 6.45) is 3.10. The maximum absolute atomic E-state index is 12.1. The molecule has 24 heavy (non-hydrogen) atoms. The largest absolute Gasteiger partial charge is 0.370 e. The second-order valence-corrected chi connectivity index (χ2v) is 6.48. The molecule has 0 aliphatic heterocycles. The first kappa shape index (κ1) is 21.0. The molecule has 134 valence electrons. The molecule has 0 radical (unpaired) electrons. The minimum Gasteiger partial charge on any atom is -0.370 e. The van der Waals surface area contributed by atoms with Crippen LogP contribution in [0.1, 0.15) is 28.2 Å². The summed E-state index contributed by atoms with van der Waals surface area (Å²) in [7, 11) is 0. The Bertz CT molecular complexity index is 637. The zero-order valence-corrected chi connectivity index (χ0v) is 15.4. The molecule has 2 aromatic rings. The SMILES string of the molecule is Cl.Cl.N[C@H]1C[C@@H](N)[C@H](OCc2cnnn2CC(=O)c2cccs2)C1. The standard InChI is InChI=1S/C14H19N5O2S.2ClH/c15-9-4-11(16)13(5-9)21-8-10-6-17-18-19(10)7-12(20)14-2-1-3-22-14;;/h1-3,6,9,11,13H,4-5,7-8,15-16H2;2*1H/t9-,11+,13+;;/m0../s1. The summed E-state index contributed by atoms with van der Waals surface area (Å²) < 4.78 is 7.40. The average Bonchev–Trinajstić information content (AvgIpc) is 3.19. The van der Waals surface area contributed by atoms with Crippen LogP contribution in [0, 0.1) is 0 Å². The number of ether oxygens (including phenoxy) is 1. The van der Waals surface area contributed by atoms with Crippen molar-refractivity contribution in [2.24, 2.45) is 11.5 Å². The molecule has 0 spiro atoms. The van der Waals surface area contributed by atoms with Gasteiger partial charge in [0, 0.05) is 12.1 Å². The first-order chi connectivity index (χ1) is 10.6. The van der Waals surface area contributed by atoms with Crippen molar-refractivity contribution >= 4 is 41.9 Å². The van der Waals surface area contributed by atoms with Gasteiger partial charge in [0.2, 0.25) is 0 Å². The third-order valence-corrected chi connectivity index (χ3v) is 4.73. The average molecular weight is 394 g/mol. The zero-order chi connectivity index (χ0) is 15.5. The molecule has 0 aromatic carbocycles. The summed E-state index contributed by atoms with van der Waals surface area (Å²) in [5, 5.41) is 9.70. The highest BCUT2D eigenvalue weighted by Crippen LogP contribution is 2.21. The Labute approximate surface area is 156 Å². The second-order valence-electron chi connectivity index (χ2n) is 5.53. The van der Waals surface area contributed by atoms with E-state index in [0.29, 0.717) is 11.5 Å². The van der Waals surface area contributed by atoms with Gasteiger partial charge in [-0.15, -0.1) is 41.2 Å². The molecule has 3 rings (SSSR count). The van der Waals surface area contributed by atoms with Crippen molar-refractivity contribution in [1.82, 2.24) is 15.0 Å². The Morgan fingerprint density at radius 1 is 1.38 bits per heavy atom. The lowest BCUT2D eigenvalue weighted by Gasteiger charge is -2.16. The smallest absolute Gasteiger partial charge is 0.194 e. The molecule has 3 atom stereocenters. The monoisotopic (exact) mass is 393 g/mol. The minimum absolute atomic E-state index is 0. The van der Waals surface area contributed by atoms with Crippen LogP contribution in [0.3, 0.4) is 0 Å². The van der Waals surface area contributed by atoms with Gasteiger partial charge < -0.3 is 16.2 Å². The van der Waals surface area contributed by atoms with Crippen molar-refractivity contribution < 1.29 is 9.53 Å². The van der Waals surface area contributed by atoms with Crippen LogP contribution in [0.15, 0.2) is 23.7 Å². The molecule has 10 heteroatoms. The van der Waals surface area contributed by atoms with Crippen LogP contribution < -0.4 is 11.5 Å². The molecular weight excluding hydrogens is 373 g/mol. The van der Waals surface area contributed by atoms with E-state index >= 15 is 0 Å². The van der Waals surface area contributed by atoms with Crippen molar-refractivity contribution in [1.29, 1.82) is 0 Å². The number of carbonyl (C=O) groups is 1. The van der Waals surface area contributed by atoms with E-state index in [4.69, 9.17) is 16.2 Å². The van der Waals surface area contributed by atoms with Gasteiger partial charge in [-0.1, -0.05) is 11.3 Å². The molecule has 2 aromatic heterocycles. The molecule has 7 nitrogen and oxygen atoms in total. The van der Waals surface area contributed by atoms with Crippen molar-refractivity contribution in [2.45, 2.75) is 44.2 Å². The Hall–Kier alpha value is -1.03. The molecule has 0 unspecified atom stereocenters. The number of nitrogens with two attached hydrogens (primary N) is 2. The predicted octanol–water partition coefficient (Wildman–Crippen LogP) is 1.40. The Kier molecular flexibility index (Phi) is 8.28. The zero-order valence-electron chi connectivity index (χ0n) is 12.9. The highest BCUT2D eigenvalue weighted by Gasteiger charge is 2.30. The quantitative estimate of drug-likeness (QED) is 0.717. The van der Waals surface area contributed by atoms with Gasteiger partial charge in [0.25, 0.3) is 0 Å². The van der Waals surface area contributed by atoms with Gasteiger partial charge in [-0.2, -0.15) is 0 Å². The van der Waals surface area contributed by atoms with Crippen LogP contribution >= 0.6 is 36.2 Å². The van der Waals surface area contributed by atoms with Gasteiger partial charge in [0.05, 0.1) is 29.5 Å². The summed E-state index contributed by atoms with van der Waals surface area (Å²) in [6.45, 7) is 0.491. The van der Waals surface area contributed by atoms with Crippen molar-refractivity contribution in [3.63, 3.8) is 0 Å². The molecule has 1 saturated carbocycles. The second kappa shape index (κ2) is 9.45. The van der Waals surface area contributed by atoms with Crippen LogP contribution in [0.2, 0.25) is 0 Å². The highest BCUT2D eigenvalue weighted by atomic mass is 35.5.